The summed E-state index contributed by atoms with van der Waals surface area (Å²) in [5, 5.41) is 7.97. The third-order valence-electron chi connectivity index (χ3n) is 2.99. The molecule has 0 aromatic carbocycles. The van der Waals surface area contributed by atoms with Gasteiger partial charge in [0, 0.05) is 26.2 Å². The molecule has 1 aliphatic rings. The van der Waals surface area contributed by atoms with Crippen molar-refractivity contribution in [3.05, 3.63) is 15.9 Å². The van der Waals surface area contributed by atoms with Crippen molar-refractivity contribution in [3.63, 3.8) is 0 Å². The summed E-state index contributed by atoms with van der Waals surface area (Å²) in [5.74, 6) is 0. The van der Waals surface area contributed by atoms with Crippen LogP contribution in [-0.2, 0) is 24.8 Å². The molecule has 1 N–H and O–H groups in total. The largest absolute Gasteiger partial charge is 0.380 e. The van der Waals surface area contributed by atoms with Gasteiger partial charge in [-0.25, -0.2) is 0 Å². The number of hydrogen-bond donors (Lipinski definition) is 1. The van der Waals surface area contributed by atoms with Crippen molar-refractivity contribution in [2.24, 2.45) is 7.05 Å². The molecular formula is C11H18BrN3O. The lowest BCUT2D eigenvalue weighted by molar-refractivity contribution is 0.189. The van der Waals surface area contributed by atoms with Crippen molar-refractivity contribution >= 4 is 15.9 Å². The highest BCUT2D eigenvalue weighted by atomic mass is 79.9. The van der Waals surface area contributed by atoms with Crippen LogP contribution in [0.2, 0.25) is 0 Å². The molecule has 16 heavy (non-hydrogen) atoms. The van der Waals surface area contributed by atoms with Crippen molar-refractivity contribution in [1.29, 1.82) is 0 Å². The van der Waals surface area contributed by atoms with Gasteiger partial charge in [0.1, 0.15) is 0 Å². The first kappa shape index (κ1) is 12.1. The van der Waals surface area contributed by atoms with Crippen molar-refractivity contribution in [1.82, 2.24) is 15.1 Å². The minimum absolute atomic E-state index is 0.492. The highest BCUT2D eigenvalue weighted by Gasteiger charge is 2.17. The normalized spacial score (nSPS) is 20.6. The molecule has 0 amide bonds. The molecule has 2 heterocycles. The molecule has 2 rings (SSSR count). The van der Waals surface area contributed by atoms with E-state index >= 15 is 0 Å². The molecule has 1 saturated heterocycles. The summed E-state index contributed by atoms with van der Waals surface area (Å²) in [4.78, 5) is 0. The zero-order valence-corrected chi connectivity index (χ0v) is 11.4. The van der Waals surface area contributed by atoms with E-state index in [0.29, 0.717) is 6.04 Å². The highest BCUT2D eigenvalue weighted by Crippen LogP contribution is 2.21. The fourth-order valence-electron chi connectivity index (χ4n) is 1.95. The Balaban J connectivity index is 2.00. The zero-order chi connectivity index (χ0) is 11.5. The lowest BCUT2D eigenvalue weighted by Gasteiger charge is -2.10. The number of aryl methyl sites for hydroxylation is 2. The van der Waals surface area contributed by atoms with Crippen molar-refractivity contribution in [3.8, 4) is 0 Å². The van der Waals surface area contributed by atoms with E-state index in [1.807, 2.05) is 11.7 Å². The van der Waals surface area contributed by atoms with Crippen molar-refractivity contribution < 1.29 is 4.74 Å². The van der Waals surface area contributed by atoms with E-state index in [0.717, 1.165) is 42.8 Å². The van der Waals surface area contributed by atoms with Gasteiger partial charge in [-0.1, -0.05) is 6.92 Å². The molecule has 0 spiro atoms. The van der Waals surface area contributed by atoms with Crippen LogP contribution >= 0.6 is 15.9 Å². The van der Waals surface area contributed by atoms with Gasteiger partial charge in [-0.05, 0) is 28.8 Å². The average Bonchev–Trinajstić information content (AvgIpc) is 2.86. The fourth-order valence-corrected chi connectivity index (χ4v) is 2.70. The Hall–Kier alpha value is -0.390. The summed E-state index contributed by atoms with van der Waals surface area (Å²) in [7, 11) is 1.99. The van der Waals surface area contributed by atoms with Gasteiger partial charge in [0.05, 0.1) is 22.5 Å². The summed E-state index contributed by atoms with van der Waals surface area (Å²) >= 11 is 3.62. The van der Waals surface area contributed by atoms with E-state index in [-0.39, 0.29) is 0 Å². The molecule has 1 fully saturated rings. The van der Waals surface area contributed by atoms with Crippen LogP contribution in [0.25, 0.3) is 0 Å². The first-order valence-corrected chi connectivity index (χ1v) is 6.53. The number of aromatic nitrogens is 2. The summed E-state index contributed by atoms with van der Waals surface area (Å²) in [5.41, 5.74) is 2.34. The molecule has 0 saturated carbocycles. The predicted molar refractivity (Wildman–Crippen MR) is 66.3 cm³/mol. The van der Waals surface area contributed by atoms with E-state index in [9.17, 15) is 0 Å². The van der Waals surface area contributed by atoms with E-state index in [1.165, 1.54) is 5.69 Å². The molecule has 0 aliphatic carbocycles. The number of nitrogens with one attached hydrogen (secondary N) is 1. The smallest absolute Gasteiger partial charge is 0.0767 e. The second kappa shape index (κ2) is 5.29. The van der Waals surface area contributed by atoms with Gasteiger partial charge in [-0.3, -0.25) is 4.68 Å². The van der Waals surface area contributed by atoms with Gasteiger partial charge in [0.2, 0.25) is 0 Å². The molecule has 4 nitrogen and oxygen atoms in total. The van der Waals surface area contributed by atoms with Crippen LogP contribution in [0.4, 0.5) is 0 Å². The summed E-state index contributed by atoms with van der Waals surface area (Å²) in [6.45, 7) is 4.67. The van der Waals surface area contributed by atoms with Crippen LogP contribution in [0.3, 0.4) is 0 Å². The first-order valence-electron chi connectivity index (χ1n) is 5.73. The van der Waals surface area contributed by atoms with E-state index in [4.69, 9.17) is 4.74 Å². The summed E-state index contributed by atoms with van der Waals surface area (Å²) in [6.07, 6.45) is 2.07. The maximum atomic E-state index is 5.34. The zero-order valence-electron chi connectivity index (χ0n) is 9.79. The lowest BCUT2D eigenvalue weighted by Crippen LogP contribution is -2.29. The van der Waals surface area contributed by atoms with Gasteiger partial charge in [-0.15, -0.1) is 0 Å². The minimum Gasteiger partial charge on any atom is -0.380 e. The average molecular weight is 288 g/mol. The quantitative estimate of drug-likeness (QED) is 0.915. The van der Waals surface area contributed by atoms with Gasteiger partial charge in [-0.2, -0.15) is 5.10 Å². The SMILES string of the molecule is CCc1nn(C)c(CNC2CCOC2)c1Br. The van der Waals surface area contributed by atoms with Crippen LogP contribution < -0.4 is 5.32 Å². The topological polar surface area (TPSA) is 39.1 Å². The fraction of sp³-hybridized carbons (Fsp3) is 0.727. The Labute approximate surface area is 104 Å². The molecule has 1 atom stereocenters. The summed E-state index contributed by atoms with van der Waals surface area (Å²) < 4.78 is 8.43. The van der Waals surface area contributed by atoms with Crippen LogP contribution in [0, 0.1) is 0 Å². The summed E-state index contributed by atoms with van der Waals surface area (Å²) in [6, 6.07) is 0.492. The molecule has 0 bridgehead atoms. The first-order chi connectivity index (χ1) is 7.72. The Morgan fingerprint density at radius 1 is 1.62 bits per heavy atom. The minimum atomic E-state index is 0.492. The van der Waals surface area contributed by atoms with Crippen LogP contribution in [0.15, 0.2) is 4.47 Å². The number of ether oxygens (including phenoxy) is 1. The maximum absolute atomic E-state index is 5.34. The molecule has 1 unspecified atom stereocenters. The van der Waals surface area contributed by atoms with Gasteiger partial charge in [0.25, 0.3) is 0 Å². The van der Waals surface area contributed by atoms with Gasteiger partial charge in [0.15, 0.2) is 0 Å². The maximum Gasteiger partial charge on any atom is 0.0767 e. The molecule has 1 aromatic rings. The van der Waals surface area contributed by atoms with Crippen LogP contribution in [0.5, 0.6) is 0 Å². The second-order valence-corrected chi connectivity index (χ2v) is 4.92. The van der Waals surface area contributed by atoms with E-state index < -0.39 is 0 Å². The Morgan fingerprint density at radius 3 is 3.00 bits per heavy atom. The lowest BCUT2D eigenvalue weighted by atomic mass is 10.2. The molecule has 5 heteroatoms. The second-order valence-electron chi connectivity index (χ2n) is 4.13. The van der Waals surface area contributed by atoms with Crippen molar-refractivity contribution in [2.45, 2.75) is 32.4 Å². The third kappa shape index (κ3) is 2.47. The molecule has 90 valence electrons. The van der Waals surface area contributed by atoms with Crippen molar-refractivity contribution in [2.75, 3.05) is 13.2 Å². The Kier molecular flexibility index (Phi) is 4.00. The molecule has 1 aliphatic heterocycles. The van der Waals surface area contributed by atoms with Crippen LogP contribution in [0.1, 0.15) is 24.7 Å². The molecule has 0 radical (unpaired) electrons. The third-order valence-corrected chi connectivity index (χ3v) is 3.91. The monoisotopic (exact) mass is 287 g/mol. The van der Waals surface area contributed by atoms with Gasteiger partial charge >= 0.3 is 0 Å². The number of halogens is 1. The number of rotatable bonds is 4. The predicted octanol–water partition coefficient (Wildman–Crippen LogP) is 1.62. The molecule has 1 aromatic heterocycles. The van der Waals surface area contributed by atoms with E-state index in [2.05, 4.69) is 33.3 Å². The van der Waals surface area contributed by atoms with E-state index in [1.54, 1.807) is 0 Å². The molecular weight excluding hydrogens is 270 g/mol. The Bertz CT molecular complexity index is 358. The van der Waals surface area contributed by atoms with Gasteiger partial charge < -0.3 is 10.1 Å². The standard InChI is InChI=1S/C11H18BrN3O/c1-3-9-11(12)10(15(2)14-9)6-13-8-4-5-16-7-8/h8,13H,3-7H2,1-2H3. The Morgan fingerprint density at radius 2 is 2.44 bits per heavy atom. The highest BCUT2D eigenvalue weighted by molar-refractivity contribution is 9.10. The number of nitrogens with zero attached hydrogens (tertiary/aromatic N) is 2. The number of hydrogen-bond acceptors (Lipinski definition) is 3. The van der Waals surface area contributed by atoms with Crippen LogP contribution in [-0.4, -0.2) is 29.0 Å².